The van der Waals surface area contributed by atoms with Crippen molar-refractivity contribution in [2.45, 2.75) is 19.9 Å². The third-order valence-electron chi connectivity index (χ3n) is 3.73. The lowest BCUT2D eigenvalue weighted by Crippen LogP contribution is -2.31. The van der Waals surface area contributed by atoms with E-state index in [0.29, 0.717) is 0 Å². The summed E-state index contributed by atoms with van der Waals surface area (Å²) in [4.78, 5) is 16.0. The Bertz CT molecular complexity index is 794. The smallest absolute Gasteiger partial charge is 0.319 e. The van der Waals surface area contributed by atoms with Crippen molar-refractivity contribution in [2.24, 2.45) is 0 Å². The number of urea groups is 1. The summed E-state index contributed by atoms with van der Waals surface area (Å²) in [5, 5.41) is 9.85. The van der Waals surface area contributed by atoms with Crippen LogP contribution in [0.4, 0.5) is 10.5 Å². The van der Waals surface area contributed by atoms with Gasteiger partial charge < -0.3 is 10.6 Å². The maximum Gasteiger partial charge on any atom is 0.319 e. The molecule has 0 unspecified atom stereocenters. The number of anilines is 1. The molecular weight excluding hydrogens is 302 g/mol. The van der Waals surface area contributed by atoms with E-state index in [1.54, 1.807) is 11.0 Å². The summed E-state index contributed by atoms with van der Waals surface area (Å²) in [5.41, 5.74) is 3.86. The Morgan fingerprint density at radius 2 is 1.79 bits per heavy atom. The highest BCUT2D eigenvalue weighted by atomic mass is 16.2. The standard InChI is InChI=1S/C18H19N5O/c1-13-3-7-16(8-4-13)22-18(24)21-14(2)15-5-9-17(10-6-15)23-12-19-11-20-23/h3-12,14H,1-2H3,(H2,21,22,24)/t14-/m1/s1. The molecule has 6 nitrogen and oxygen atoms in total. The number of rotatable bonds is 4. The molecule has 0 spiro atoms. The second-order valence-corrected chi connectivity index (χ2v) is 5.62. The molecule has 24 heavy (non-hydrogen) atoms. The van der Waals surface area contributed by atoms with E-state index in [-0.39, 0.29) is 12.1 Å². The minimum absolute atomic E-state index is 0.111. The molecule has 1 heterocycles. The number of nitrogens with zero attached hydrogens (tertiary/aromatic N) is 3. The Balaban J connectivity index is 1.60. The van der Waals surface area contributed by atoms with E-state index in [1.165, 1.54) is 6.33 Å². The topological polar surface area (TPSA) is 71.8 Å². The zero-order valence-electron chi connectivity index (χ0n) is 13.6. The monoisotopic (exact) mass is 321 g/mol. The van der Waals surface area contributed by atoms with Crippen molar-refractivity contribution in [3.63, 3.8) is 0 Å². The number of benzene rings is 2. The maximum atomic E-state index is 12.1. The molecule has 0 saturated heterocycles. The quantitative estimate of drug-likeness (QED) is 0.773. The first-order chi connectivity index (χ1) is 11.6. The van der Waals surface area contributed by atoms with E-state index in [1.807, 2.05) is 62.4 Å². The Morgan fingerprint density at radius 1 is 1.08 bits per heavy atom. The normalized spacial score (nSPS) is 11.8. The number of nitrogens with one attached hydrogen (secondary N) is 2. The third kappa shape index (κ3) is 3.78. The molecule has 1 aromatic heterocycles. The zero-order valence-corrected chi connectivity index (χ0v) is 13.6. The molecule has 2 N–H and O–H groups in total. The SMILES string of the molecule is Cc1ccc(NC(=O)N[C@H](C)c2ccc(-n3cncn3)cc2)cc1. The zero-order chi connectivity index (χ0) is 16.9. The number of carbonyl (C=O) groups excluding carboxylic acids is 1. The Morgan fingerprint density at radius 3 is 2.42 bits per heavy atom. The van der Waals surface area contributed by atoms with E-state index in [2.05, 4.69) is 20.7 Å². The van der Waals surface area contributed by atoms with Gasteiger partial charge in [0.15, 0.2) is 0 Å². The van der Waals surface area contributed by atoms with Crippen molar-refractivity contribution in [1.29, 1.82) is 0 Å². The van der Waals surface area contributed by atoms with Crippen LogP contribution >= 0.6 is 0 Å². The lowest BCUT2D eigenvalue weighted by molar-refractivity contribution is 0.249. The van der Waals surface area contributed by atoms with Gasteiger partial charge in [0.2, 0.25) is 0 Å². The van der Waals surface area contributed by atoms with Crippen LogP contribution < -0.4 is 10.6 Å². The highest BCUT2D eigenvalue weighted by Crippen LogP contribution is 2.16. The van der Waals surface area contributed by atoms with Gasteiger partial charge >= 0.3 is 6.03 Å². The van der Waals surface area contributed by atoms with Gasteiger partial charge in [-0.2, -0.15) is 5.10 Å². The molecule has 3 rings (SSSR count). The van der Waals surface area contributed by atoms with Gasteiger partial charge in [-0.05, 0) is 43.7 Å². The van der Waals surface area contributed by atoms with Crippen LogP contribution in [0.15, 0.2) is 61.2 Å². The Labute approximate surface area is 140 Å². The van der Waals surface area contributed by atoms with E-state index in [9.17, 15) is 4.79 Å². The van der Waals surface area contributed by atoms with Crippen molar-refractivity contribution in [1.82, 2.24) is 20.1 Å². The Kier molecular flexibility index (Phi) is 4.56. The second kappa shape index (κ2) is 6.95. The predicted octanol–water partition coefficient (Wildman–Crippen LogP) is 3.46. The molecule has 0 saturated carbocycles. The molecule has 1 atom stereocenters. The maximum absolute atomic E-state index is 12.1. The van der Waals surface area contributed by atoms with Crippen molar-refractivity contribution >= 4 is 11.7 Å². The Hall–Kier alpha value is -3.15. The fourth-order valence-electron chi connectivity index (χ4n) is 2.34. The van der Waals surface area contributed by atoms with E-state index < -0.39 is 0 Å². The van der Waals surface area contributed by atoms with Crippen LogP contribution in [0.1, 0.15) is 24.1 Å². The van der Waals surface area contributed by atoms with Crippen LogP contribution in [0.3, 0.4) is 0 Å². The highest BCUT2D eigenvalue weighted by Gasteiger charge is 2.10. The fraction of sp³-hybridized carbons (Fsp3) is 0.167. The van der Waals surface area contributed by atoms with E-state index in [0.717, 1.165) is 22.5 Å². The van der Waals surface area contributed by atoms with Crippen molar-refractivity contribution in [3.05, 3.63) is 72.3 Å². The number of aryl methyl sites for hydroxylation is 1. The summed E-state index contributed by atoms with van der Waals surface area (Å²) in [7, 11) is 0. The predicted molar refractivity (Wildman–Crippen MR) is 93.1 cm³/mol. The minimum Gasteiger partial charge on any atom is -0.331 e. The summed E-state index contributed by atoms with van der Waals surface area (Å²) in [6.45, 7) is 3.95. The van der Waals surface area contributed by atoms with Crippen LogP contribution in [0.2, 0.25) is 0 Å². The first-order valence-corrected chi connectivity index (χ1v) is 7.71. The minimum atomic E-state index is -0.230. The molecule has 0 radical (unpaired) electrons. The highest BCUT2D eigenvalue weighted by molar-refractivity contribution is 5.89. The van der Waals surface area contributed by atoms with Crippen LogP contribution in [-0.2, 0) is 0 Å². The summed E-state index contributed by atoms with van der Waals surface area (Å²) in [6, 6.07) is 15.2. The summed E-state index contributed by atoms with van der Waals surface area (Å²) in [5.74, 6) is 0. The van der Waals surface area contributed by atoms with Gasteiger partial charge in [0.1, 0.15) is 12.7 Å². The molecule has 0 bridgehead atoms. The molecule has 0 aliphatic rings. The van der Waals surface area contributed by atoms with Gasteiger partial charge in [0, 0.05) is 5.69 Å². The number of aromatic nitrogens is 3. The summed E-state index contributed by atoms with van der Waals surface area (Å²) >= 11 is 0. The van der Waals surface area contributed by atoms with Crippen molar-refractivity contribution in [2.75, 3.05) is 5.32 Å². The largest absolute Gasteiger partial charge is 0.331 e. The van der Waals surface area contributed by atoms with Crippen molar-refractivity contribution < 1.29 is 4.79 Å². The van der Waals surface area contributed by atoms with Gasteiger partial charge in [-0.3, -0.25) is 0 Å². The number of hydrogen-bond donors (Lipinski definition) is 2. The van der Waals surface area contributed by atoms with Crippen molar-refractivity contribution in [3.8, 4) is 5.69 Å². The first-order valence-electron chi connectivity index (χ1n) is 7.71. The molecule has 122 valence electrons. The van der Waals surface area contributed by atoms with Gasteiger partial charge in [0.25, 0.3) is 0 Å². The van der Waals surface area contributed by atoms with Gasteiger partial charge in [-0.25, -0.2) is 14.5 Å². The molecule has 0 aliphatic heterocycles. The van der Waals surface area contributed by atoms with Crippen LogP contribution in [0.5, 0.6) is 0 Å². The summed E-state index contributed by atoms with van der Waals surface area (Å²) in [6.07, 6.45) is 3.14. The van der Waals surface area contributed by atoms with Crippen LogP contribution in [0, 0.1) is 6.92 Å². The second-order valence-electron chi connectivity index (χ2n) is 5.62. The van der Waals surface area contributed by atoms with Gasteiger partial charge in [-0.15, -0.1) is 0 Å². The van der Waals surface area contributed by atoms with Crippen LogP contribution in [-0.4, -0.2) is 20.8 Å². The van der Waals surface area contributed by atoms with Gasteiger partial charge in [0.05, 0.1) is 11.7 Å². The lowest BCUT2D eigenvalue weighted by Gasteiger charge is -2.15. The third-order valence-corrected chi connectivity index (χ3v) is 3.73. The molecule has 0 fully saturated rings. The average molecular weight is 321 g/mol. The molecule has 0 aliphatic carbocycles. The molecule has 2 aromatic carbocycles. The average Bonchev–Trinajstić information content (AvgIpc) is 3.11. The fourth-order valence-corrected chi connectivity index (χ4v) is 2.34. The number of amides is 2. The lowest BCUT2D eigenvalue weighted by atomic mass is 10.1. The first kappa shape index (κ1) is 15.7. The summed E-state index contributed by atoms with van der Waals surface area (Å²) < 4.78 is 1.69. The number of carbonyl (C=O) groups is 1. The van der Waals surface area contributed by atoms with E-state index >= 15 is 0 Å². The van der Waals surface area contributed by atoms with E-state index in [4.69, 9.17) is 0 Å². The molecule has 2 amide bonds. The molecular formula is C18H19N5O. The molecule has 6 heteroatoms. The van der Waals surface area contributed by atoms with Crippen LogP contribution in [0.25, 0.3) is 5.69 Å². The molecule has 3 aromatic rings. The number of hydrogen-bond acceptors (Lipinski definition) is 3. The van der Waals surface area contributed by atoms with Gasteiger partial charge in [-0.1, -0.05) is 29.8 Å².